The molecule has 6 nitrogen and oxygen atoms in total. The zero-order chi connectivity index (χ0) is 23.0. The van der Waals surface area contributed by atoms with E-state index in [0.717, 1.165) is 23.2 Å². The number of nitrogens with zero attached hydrogens (tertiary/aromatic N) is 2. The van der Waals surface area contributed by atoms with E-state index in [9.17, 15) is 9.59 Å². The number of carbonyl (C=O) groups is 2. The Balaban J connectivity index is 0.00000216. The van der Waals surface area contributed by atoms with Crippen molar-refractivity contribution >= 4 is 30.4 Å². The van der Waals surface area contributed by atoms with Crippen LogP contribution in [-0.2, 0) is 16.0 Å². The first-order chi connectivity index (χ1) is 16.1. The predicted molar refractivity (Wildman–Crippen MR) is 137 cm³/mol. The van der Waals surface area contributed by atoms with Gasteiger partial charge in [-0.3, -0.25) is 9.59 Å². The number of nitrogens with two attached hydrogens (primary N) is 1. The van der Waals surface area contributed by atoms with Gasteiger partial charge in [0.15, 0.2) is 0 Å². The van der Waals surface area contributed by atoms with Crippen LogP contribution in [0.15, 0.2) is 84.6 Å². The molecule has 2 heterocycles. The summed E-state index contributed by atoms with van der Waals surface area (Å²) in [6.07, 6.45) is 9.99. The Hall–Kier alpha value is -2.93. The maximum absolute atomic E-state index is 13.3. The number of hydrogen-bond donors (Lipinski definition) is 2. The Morgan fingerprint density at radius 2 is 1.71 bits per heavy atom. The van der Waals surface area contributed by atoms with Crippen molar-refractivity contribution in [2.45, 2.75) is 43.8 Å². The first kappa shape index (κ1) is 28.3. The van der Waals surface area contributed by atoms with Crippen molar-refractivity contribution in [3.8, 4) is 0 Å². The number of hydrogen-bond acceptors (Lipinski definition) is 4. The fraction of sp³-hybridized carbons (Fsp3) is 0.296. The molecule has 2 aromatic rings. The van der Waals surface area contributed by atoms with E-state index in [2.05, 4.69) is 10.3 Å². The minimum Gasteiger partial charge on any atom is -1.00 e. The maximum Gasteiger partial charge on any atom is 0.256 e. The van der Waals surface area contributed by atoms with Crippen molar-refractivity contribution in [3.05, 3.63) is 95.7 Å². The number of benzene rings is 2. The zero-order valence-corrected chi connectivity index (χ0v) is 21.0. The maximum atomic E-state index is 13.3. The Labute approximate surface area is 219 Å². The molecule has 8 heteroatoms. The Morgan fingerprint density at radius 1 is 1.03 bits per heavy atom. The van der Waals surface area contributed by atoms with Gasteiger partial charge >= 0.3 is 0 Å². The summed E-state index contributed by atoms with van der Waals surface area (Å²) in [5.74, 6) is -0.310. The highest BCUT2D eigenvalue weighted by atomic mass is 35.5. The van der Waals surface area contributed by atoms with E-state index < -0.39 is 12.1 Å². The van der Waals surface area contributed by atoms with Gasteiger partial charge in [-0.05, 0) is 36.5 Å². The van der Waals surface area contributed by atoms with Crippen molar-refractivity contribution in [1.29, 1.82) is 0 Å². The van der Waals surface area contributed by atoms with Crippen LogP contribution in [0.25, 0.3) is 0 Å². The average Bonchev–Trinajstić information content (AvgIpc) is 3.35. The summed E-state index contributed by atoms with van der Waals surface area (Å²) < 4.78 is 0. The van der Waals surface area contributed by atoms with Crippen LogP contribution < -0.4 is 28.4 Å². The number of likely N-dealkylation sites (tertiary alicyclic amines) is 1. The lowest BCUT2D eigenvalue weighted by Gasteiger charge is -2.28. The van der Waals surface area contributed by atoms with Crippen LogP contribution in [0.1, 0.15) is 36.4 Å². The summed E-state index contributed by atoms with van der Waals surface area (Å²) in [7, 11) is 0. The highest BCUT2D eigenvalue weighted by Crippen LogP contribution is 2.24. The lowest BCUT2D eigenvalue weighted by atomic mass is 10.0. The third-order valence-electron chi connectivity index (χ3n) is 6.11. The van der Waals surface area contributed by atoms with E-state index in [1.54, 1.807) is 11.1 Å². The molecule has 2 aliphatic rings. The normalized spacial score (nSPS) is 18.0. The van der Waals surface area contributed by atoms with Crippen molar-refractivity contribution < 1.29 is 22.0 Å². The molecular weight excluding hydrogens is 483 g/mol. The fourth-order valence-corrected chi connectivity index (χ4v) is 4.40. The molecule has 2 aromatic carbocycles. The van der Waals surface area contributed by atoms with Gasteiger partial charge in [0.05, 0.1) is 23.5 Å². The number of amides is 2. The molecule has 2 aliphatic heterocycles. The Bertz CT molecular complexity index is 1060. The van der Waals surface area contributed by atoms with Crippen molar-refractivity contribution in [1.82, 2.24) is 15.2 Å². The zero-order valence-electron chi connectivity index (χ0n) is 19.4. The molecule has 0 unspecified atom stereocenters. The predicted octanol–water partition coefficient (Wildman–Crippen LogP) is 0.0811. The number of carbonyl (C=O) groups excluding carboxylic acids is 2. The monoisotopic (exact) mass is 513 g/mol. The summed E-state index contributed by atoms with van der Waals surface area (Å²) in [4.78, 5) is 32.6. The number of allylic oxidation sites excluding steroid dienone is 3. The summed E-state index contributed by atoms with van der Waals surface area (Å²) in [5.41, 5.74) is 9.17. The summed E-state index contributed by atoms with van der Waals surface area (Å²) in [5, 5.41) is 3.18. The fourth-order valence-electron chi connectivity index (χ4n) is 4.40. The SMILES string of the molecule is Cl.N[C@@H](Cc1ccccc1)C(=O)N1CCC[C@H]1C(=O)N[C@@H](CC1=CC=CC=[N+]1)c1ccccc1.[Cl-]. The van der Waals surface area contributed by atoms with Gasteiger partial charge in [0.25, 0.3) is 5.70 Å². The van der Waals surface area contributed by atoms with Crippen molar-refractivity contribution in [2.75, 3.05) is 6.54 Å². The van der Waals surface area contributed by atoms with Gasteiger partial charge in [0.1, 0.15) is 6.04 Å². The molecule has 35 heavy (non-hydrogen) atoms. The molecule has 4 rings (SSSR count). The van der Waals surface area contributed by atoms with E-state index >= 15 is 0 Å². The highest BCUT2D eigenvalue weighted by Gasteiger charge is 2.37. The molecule has 1 radical (unpaired) electrons. The number of halogens is 2. The molecule has 2 amide bonds. The molecule has 0 saturated carbocycles. The van der Waals surface area contributed by atoms with Gasteiger partial charge < -0.3 is 28.4 Å². The molecular formula is C27H31Cl2N4O2. The van der Waals surface area contributed by atoms with Gasteiger partial charge in [-0.1, -0.05) is 60.7 Å². The lowest BCUT2D eigenvalue weighted by molar-refractivity contribution is -0.139. The smallest absolute Gasteiger partial charge is 0.256 e. The lowest BCUT2D eigenvalue weighted by Crippen LogP contribution is -3.00. The minimum absolute atomic E-state index is 0. The second-order valence-electron chi connectivity index (χ2n) is 8.48. The molecule has 185 valence electrons. The molecule has 0 spiro atoms. The third-order valence-corrected chi connectivity index (χ3v) is 6.11. The van der Waals surface area contributed by atoms with Gasteiger partial charge in [-0.15, -0.1) is 12.4 Å². The molecule has 0 aromatic heterocycles. The molecule has 3 N–H and O–H groups in total. The van der Waals surface area contributed by atoms with E-state index in [1.165, 1.54) is 0 Å². The van der Waals surface area contributed by atoms with Crippen LogP contribution in [-0.4, -0.2) is 41.6 Å². The Morgan fingerprint density at radius 3 is 2.37 bits per heavy atom. The number of rotatable bonds is 8. The molecule has 3 atom stereocenters. The van der Waals surface area contributed by atoms with Gasteiger partial charge in [0, 0.05) is 18.7 Å². The molecule has 0 aliphatic carbocycles. The van der Waals surface area contributed by atoms with Crippen LogP contribution in [0.2, 0.25) is 0 Å². The topological polar surface area (TPSA) is 89.5 Å². The summed E-state index contributed by atoms with van der Waals surface area (Å²) in [6.45, 7) is 0.551. The number of aliphatic imine (C=N–C) groups is 1. The Kier molecular flexibility index (Phi) is 11.2. The standard InChI is InChI=1S/C27H30N4O2.2ClH/c28-23(18-20-10-3-1-4-11-20)27(33)31-17-9-15-25(31)26(32)30-24(21-12-5-2-6-13-21)19-22-14-7-8-16-29-22;;/h1-8,10-14,16,23-25H,9,15,17-19,28H2,(H,30,32);2*1H/q+1;;/p-1/t23-,24-,25-;;/m0../s1. The highest BCUT2D eigenvalue weighted by molar-refractivity contribution is 5.90. The second kappa shape index (κ2) is 13.8. The van der Waals surface area contributed by atoms with Crippen LogP contribution in [0.5, 0.6) is 0 Å². The largest absolute Gasteiger partial charge is 1.00 e. The summed E-state index contributed by atoms with van der Waals surface area (Å²) in [6, 6.07) is 18.2. The van der Waals surface area contributed by atoms with Gasteiger partial charge in [-0.2, -0.15) is 0 Å². The van der Waals surface area contributed by atoms with Crippen LogP contribution in [0.3, 0.4) is 0 Å². The van der Waals surface area contributed by atoms with Crippen LogP contribution in [0, 0.1) is 0 Å². The third kappa shape index (κ3) is 7.52. The van der Waals surface area contributed by atoms with E-state index in [0.29, 0.717) is 25.8 Å². The number of nitrogens with one attached hydrogen (secondary N) is 1. The summed E-state index contributed by atoms with van der Waals surface area (Å²) >= 11 is 0. The molecule has 1 fully saturated rings. The van der Waals surface area contributed by atoms with Crippen molar-refractivity contribution in [2.24, 2.45) is 5.73 Å². The quantitative estimate of drug-likeness (QED) is 0.523. The van der Waals surface area contributed by atoms with E-state index in [4.69, 9.17) is 5.73 Å². The van der Waals surface area contributed by atoms with Gasteiger partial charge in [0.2, 0.25) is 18.0 Å². The van der Waals surface area contributed by atoms with Crippen LogP contribution >= 0.6 is 12.4 Å². The van der Waals surface area contributed by atoms with Crippen molar-refractivity contribution in [3.63, 3.8) is 0 Å². The van der Waals surface area contributed by atoms with Crippen LogP contribution in [0.4, 0.5) is 0 Å². The van der Waals surface area contributed by atoms with E-state index in [1.807, 2.05) is 78.9 Å². The first-order valence-electron chi connectivity index (χ1n) is 11.5. The minimum atomic E-state index is -0.667. The van der Waals surface area contributed by atoms with E-state index in [-0.39, 0.29) is 42.7 Å². The first-order valence-corrected chi connectivity index (χ1v) is 11.5. The molecule has 0 bridgehead atoms. The second-order valence-corrected chi connectivity index (χ2v) is 8.48. The molecule has 1 saturated heterocycles. The average molecular weight is 514 g/mol. The van der Waals surface area contributed by atoms with Gasteiger partial charge in [-0.25, -0.2) is 0 Å².